The van der Waals surface area contributed by atoms with Crippen molar-refractivity contribution in [2.45, 2.75) is 51.1 Å². The normalized spacial score (nSPS) is 19.9. The molecular weight excluding hydrogens is 288 g/mol. The number of imidazole rings is 1. The van der Waals surface area contributed by atoms with Crippen LogP contribution in [-0.2, 0) is 29.5 Å². The fraction of sp³-hybridized carbons (Fsp3) is 0.786. The smallest absolute Gasteiger partial charge is 0.208 e. The molecule has 21 heavy (non-hydrogen) atoms. The zero-order chi connectivity index (χ0) is 14.9. The van der Waals surface area contributed by atoms with Gasteiger partial charge in [-0.1, -0.05) is 12.8 Å². The number of hydrogen-bond donors (Lipinski definition) is 2. The number of fused-ring (bicyclic) bond motifs is 1. The van der Waals surface area contributed by atoms with Gasteiger partial charge >= 0.3 is 0 Å². The van der Waals surface area contributed by atoms with Gasteiger partial charge in [-0.3, -0.25) is 0 Å². The molecule has 3 rings (SSSR count). The lowest BCUT2D eigenvalue weighted by molar-refractivity contribution is 0.539. The Kier molecular flexibility index (Phi) is 4.33. The highest BCUT2D eigenvalue weighted by Crippen LogP contribution is 2.35. The van der Waals surface area contributed by atoms with Gasteiger partial charge in [0.1, 0.15) is 5.82 Å². The highest BCUT2D eigenvalue weighted by Gasteiger charge is 2.26. The average Bonchev–Trinajstić information content (AvgIpc) is 3.04. The van der Waals surface area contributed by atoms with Crippen molar-refractivity contribution in [3.63, 3.8) is 0 Å². The van der Waals surface area contributed by atoms with Crippen molar-refractivity contribution >= 4 is 10.0 Å². The molecule has 1 fully saturated rings. The predicted octanol–water partition coefficient (Wildman–Crippen LogP) is 0.736. The zero-order valence-corrected chi connectivity index (χ0v) is 13.4. The predicted molar refractivity (Wildman–Crippen MR) is 81.7 cm³/mol. The van der Waals surface area contributed by atoms with E-state index in [2.05, 4.69) is 14.6 Å². The van der Waals surface area contributed by atoms with Crippen molar-refractivity contribution in [1.82, 2.24) is 19.6 Å². The minimum atomic E-state index is -3.13. The highest BCUT2D eigenvalue weighted by atomic mass is 32.2. The first-order chi connectivity index (χ1) is 10.0. The van der Waals surface area contributed by atoms with E-state index in [0.717, 1.165) is 25.2 Å². The van der Waals surface area contributed by atoms with Gasteiger partial charge in [0.05, 0.1) is 11.9 Å². The number of nitrogens with one attached hydrogen (secondary N) is 2. The van der Waals surface area contributed by atoms with Gasteiger partial charge in [-0.2, -0.15) is 0 Å². The maximum absolute atomic E-state index is 11.2. The Morgan fingerprint density at radius 3 is 2.86 bits per heavy atom. The van der Waals surface area contributed by atoms with Crippen LogP contribution in [0.15, 0.2) is 0 Å². The van der Waals surface area contributed by atoms with Gasteiger partial charge in [0.15, 0.2) is 0 Å². The quantitative estimate of drug-likeness (QED) is 0.841. The Hall–Kier alpha value is -0.920. The SMILES string of the molecule is CS(=O)(=O)NCCn1c(C2CCCC2)nc2c1CCNC2. The first-order valence-electron chi connectivity index (χ1n) is 7.78. The standard InChI is InChI=1S/C14H24N4O2S/c1-21(19,20)16-8-9-18-13-6-7-15-10-12(13)17-14(18)11-4-2-3-5-11/h11,15-16H,2-10H2,1H3. The Morgan fingerprint density at radius 2 is 2.14 bits per heavy atom. The number of rotatable bonds is 5. The van der Waals surface area contributed by atoms with Gasteiger partial charge in [-0.25, -0.2) is 18.1 Å². The summed E-state index contributed by atoms with van der Waals surface area (Å²) in [5, 5.41) is 3.37. The van der Waals surface area contributed by atoms with Gasteiger partial charge < -0.3 is 9.88 Å². The molecule has 0 aromatic carbocycles. The number of nitrogens with zero attached hydrogens (tertiary/aromatic N) is 2. The summed E-state index contributed by atoms with van der Waals surface area (Å²) >= 11 is 0. The van der Waals surface area contributed by atoms with Crippen molar-refractivity contribution in [2.24, 2.45) is 0 Å². The summed E-state index contributed by atoms with van der Waals surface area (Å²) < 4.78 is 27.4. The molecule has 1 saturated carbocycles. The largest absolute Gasteiger partial charge is 0.330 e. The average molecular weight is 312 g/mol. The third kappa shape index (κ3) is 3.46. The molecule has 2 aliphatic rings. The van der Waals surface area contributed by atoms with Crippen molar-refractivity contribution in [3.05, 3.63) is 17.2 Å². The second kappa shape index (κ2) is 6.06. The maximum Gasteiger partial charge on any atom is 0.208 e. The van der Waals surface area contributed by atoms with E-state index in [1.54, 1.807) is 0 Å². The number of hydrogen-bond acceptors (Lipinski definition) is 4. The molecule has 2 N–H and O–H groups in total. The fourth-order valence-corrected chi connectivity index (χ4v) is 3.94. The summed E-state index contributed by atoms with van der Waals surface area (Å²) in [7, 11) is -3.13. The molecule has 0 saturated heterocycles. The Morgan fingerprint density at radius 1 is 1.38 bits per heavy atom. The highest BCUT2D eigenvalue weighted by molar-refractivity contribution is 7.88. The topological polar surface area (TPSA) is 76.0 Å². The van der Waals surface area contributed by atoms with Gasteiger partial charge in [0, 0.05) is 44.2 Å². The Labute approximate surface area is 126 Å². The van der Waals surface area contributed by atoms with Crippen LogP contribution in [0.4, 0.5) is 0 Å². The first-order valence-corrected chi connectivity index (χ1v) is 9.67. The molecule has 2 heterocycles. The fourth-order valence-electron chi connectivity index (χ4n) is 3.48. The van der Waals surface area contributed by atoms with E-state index in [4.69, 9.17) is 4.98 Å². The molecule has 6 nitrogen and oxygen atoms in total. The molecular formula is C14H24N4O2S. The molecule has 0 amide bonds. The third-order valence-electron chi connectivity index (χ3n) is 4.44. The third-order valence-corrected chi connectivity index (χ3v) is 5.16. The summed E-state index contributed by atoms with van der Waals surface area (Å²) in [6.07, 6.45) is 7.17. The molecule has 1 aliphatic heterocycles. The van der Waals surface area contributed by atoms with E-state index >= 15 is 0 Å². The number of sulfonamides is 1. The van der Waals surface area contributed by atoms with E-state index in [9.17, 15) is 8.42 Å². The van der Waals surface area contributed by atoms with Crippen molar-refractivity contribution in [1.29, 1.82) is 0 Å². The Balaban J connectivity index is 1.83. The van der Waals surface area contributed by atoms with E-state index < -0.39 is 10.0 Å². The van der Waals surface area contributed by atoms with Gasteiger partial charge in [-0.15, -0.1) is 0 Å². The van der Waals surface area contributed by atoms with Crippen LogP contribution in [0.5, 0.6) is 0 Å². The lowest BCUT2D eigenvalue weighted by Crippen LogP contribution is -2.29. The molecule has 7 heteroatoms. The molecule has 0 spiro atoms. The van der Waals surface area contributed by atoms with Gasteiger partial charge in [0.25, 0.3) is 0 Å². The summed E-state index contributed by atoms with van der Waals surface area (Å²) in [6, 6.07) is 0. The van der Waals surface area contributed by atoms with Crippen LogP contribution < -0.4 is 10.0 Å². The van der Waals surface area contributed by atoms with Crippen molar-refractivity contribution < 1.29 is 8.42 Å². The first kappa shape index (κ1) is 15.0. The molecule has 0 radical (unpaired) electrons. The van der Waals surface area contributed by atoms with Crippen molar-refractivity contribution in [2.75, 3.05) is 19.3 Å². The van der Waals surface area contributed by atoms with Crippen LogP contribution in [0.1, 0.15) is 48.8 Å². The van der Waals surface area contributed by atoms with E-state index in [1.165, 1.54) is 43.5 Å². The van der Waals surface area contributed by atoms with E-state index in [0.29, 0.717) is 19.0 Å². The van der Waals surface area contributed by atoms with Crippen LogP contribution in [0, 0.1) is 0 Å². The molecule has 0 atom stereocenters. The molecule has 0 unspecified atom stereocenters. The lowest BCUT2D eigenvalue weighted by atomic mass is 10.1. The van der Waals surface area contributed by atoms with Crippen LogP contribution in [0.2, 0.25) is 0 Å². The van der Waals surface area contributed by atoms with E-state index in [1.807, 2.05) is 0 Å². The second-order valence-electron chi connectivity index (χ2n) is 6.09. The van der Waals surface area contributed by atoms with Crippen LogP contribution in [0.3, 0.4) is 0 Å². The summed E-state index contributed by atoms with van der Waals surface area (Å²) in [6.45, 7) is 2.93. The summed E-state index contributed by atoms with van der Waals surface area (Å²) in [5.41, 5.74) is 2.45. The second-order valence-corrected chi connectivity index (χ2v) is 7.92. The minimum Gasteiger partial charge on any atom is -0.330 e. The lowest BCUT2D eigenvalue weighted by Gasteiger charge is -2.18. The van der Waals surface area contributed by atoms with Gasteiger partial charge in [-0.05, 0) is 12.8 Å². The Bertz CT molecular complexity index is 603. The summed E-state index contributed by atoms with van der Waals surface area (Å²) in [5.74, 6) is 1.73. The maximum atomic E-state index is 11.2. The monoisotopic (exact) mass is 312 g/mol. The number of aromatic nitrogens is 2. The van der Waals surface area contributed by atoms with Crippen molar-refractivity contribution in [3.8, 4) is 0 Å². The molecule has 1 aliphatic carbocycles. The van der Waals surface area contributed by atoms with Crippen LogP contribution in [-0.4, -0.2) is 37.3 Å². The van der Waals surface area contributed by atoms with Crippen LogP contribution >= 0.6 is 0 Å². The minimum absolute atomic E-state index is 0.439. The van der Waals surface area contributed by atoms with Crippen LogP contribution in [0.25, 0.3) is 0 Å². The molecule has 1 aromatic heterocycles. The van der Waals surface area contributed by atoms with E-state index in [-0.39, 0.29) is 0 Å². The zero-order valence-electron chi connectivity index (χ0n) is 12.6. The molecule has 118 valence electrons. The molecule has 1 aromatic rings. The summed E-state index contributed by atoms with van der Waals surface area (Å²) in [4.78, 5) is 4.87. The molecule has 0 bridgehead atoms. The van der Waals surface area contributed by atoms with Gasteiger partial charge in [0.2, 0.25) is 10.0 Å².